The number of carbonyl (C=O) groups is 1. The zero-order valence-corrected chi connectivity index (χ0v) is 16.1. The largest absolute Gasteiger partial charge is 0.462 e. The molecule has 4 rings (SSSR count). The predicted octanol–water partition coefficient (Wildman–Crippen LogP) is 4.57. The molecular weight excluding hydrogens is 310 g/mol. The highest BCUT2D eigenvalue weighted by molar-refractivity contribution is 5.75. The van der Waals surface area contributed by atoms with Gasteiger partial charge >= 0.3 is 5.97 Å². The van der Waals surface area contributed by atoms with Gasteiger partial charge in [0.25, 0.3) is 0 Å². The molecule has 0 aromatic rings. The minimum absolute atomic E-state index is 0.0864. The van der Waals surface area contributed by atoms with Crippen molar-refractivity contribution in [3.63, 3.8) is 0 Å². The van der Waals surface area contributed by atoms with Gasteiger partial charge in [-0.3, -0.25) is 9.69 Å². The van der Waals surface area contributed by atoms with Crippen molar-refractivity contribution in [3.8, 4) is 0 Å². The summed E-state index contributed by atoms with van der Waals surface area (Å²) in [4.78, 5) is 15.3. The number of allylic oxidation sites excluding steroid dienone is 1. The maximum Gasteiger partial charge on any atom is 0.310 e. The molecule has 0 spiro atoms. The third kappa shape index (κ3) is 3.07. The summed E-state index contributed by atoms with van der Waals surface area (Å²) in [5.41, 5.74) is 1.75. The molecule has 2 heterocycles. The molecule has 3 heteroatoms. The lowest BCUT2D eigenvalue weighted by Crippen LogP contribution is -2.47. The molecule has 0 aromatic heterocycles. The minimum atomic E-state index is 0.0864. The smallest absolute Gasteiger partial charge is 0.310 e. The highest BCUT2D eigenvalue weighted by Gasteiger charge is 2.55. The molecule has 0 radical (unpaired) electrons. The number of ether oxygens (including phenoxy) is 1. The Labute approximate surface area is 153 Å². The van der Waals surface area contributed by atoms with Crippen LogP contribution in [0, 0.1) is 23.2 Å². The number of fused-ring (bicyclic) bond motifs is 2. The van der Waals surface area contributed by atoms with E-state index in [0.29, 0.717) is 23.3 Å². The van der Waals surface area contributed by atoms with Crippen LogP contribution >= 0.6 is 0 Å². The van der Waals surface area contributed by atoms with Crippen LogP contribution in [0.3, 0.4) is 0 Å². The van der Waals surface area contributed by atoms with Crippen LogP contribution in [0.25, 0.3) is 0 Å². The molecule has 3 nitrogen and oxygen atoms in total. The van der Waals surface area contributed by atoms with Crippen LogP contribution < -0.4 is 0 Å². The van der Waals surface area contributed by atoms with Crippen LogP contribution in [0.4, 0.5) is 0 Å². The monoisotopic (exact) mass is 345 g/mol. The summed E-state index contributed by atoms with van der Waals surface area (Å²) in [5, 5.41) is 0. The second kappa shape index (κ2) is 6.72. The Kier molecular flexibility index (Phi) is 4.72. The van der Waals surface area contributed by atoms with E-state index in [4.69, 9.17) is 4.74 Å². The van der Waals surface area contributed by atoms with E-state index in [1.165, 1.54) is 50.5 Å². The second-order valence-electron chi connectivity index (χ2n) is 9.46. The van der Waals surface area contributed by atoms with Gasteiger partial charge in [0.2, 0.25) is 0 Å². The zero-order valence-electron chi connectivity index (χ0n) is 16.1. The maximum absolute atomic E-state index is 12.7. The van der Waals surface area contributed by atoms with E-state index in [2.05, 4.69) is 25.3 Å². The molecule has 4 aliphatic rings. The van der Waals surface area contributed by atoms with Crippen LogP contribution in [0.15, 0.2) is 12.2 Å². The fourth-order valence-electron chi connectivity index (χ4n) is 6.48. The van der Waals surface area contributed by atoms with Gasteiger partial charge in [-0.1, -0.05) is 32.4 Å². The third-order valence-electron chi connectivity index (χ3n) is 7.97. The number of hydrogen-bond donors (Lipinski definition) is 0. The quantitative estimate of drug-likeness (QED) is 0.554. The van der Waals surface area contributed by atoms with Crippen LogP contribution in [0.1, 0.15) is 71.6 Å². The van der Waals surface area contributed by atoms with E-state index in [0.717, 1.165) is 25.9 Å². The summed E-state index contributed by atoms with van der Waals surface area (Å²) in [5.74, 6) is 1.20. The van der Waals surface area contributed by atoms with Crippen LogP contribution in [-0.4, -0.2) is 36.1 Å². The van der Waals surface area contributed by atoms with Crippen molar-refractivity contribution in [1.29, 1.82) is 0 Å². The van der Waals surface area contributed by atoms with E-state index in [9.17, 15) is 4.79 Å². The van der Waals surface area contributed by atoms with E-state index in [1.54, 1.807) is 0 Å². The van der Waals surface area contributed by atoms with Gasteiger partial charge in [0.15, 0.2) is 0 Å². The first-order valence-corrected chi connectivity index (χ1v) is 10.6. The van der Waals surface area contributed by atoms with Gasteiger partial charge in [0, 0.05) is 18.5 Å². The normalized spacial score (nSPS) is 45.0. The Morgan fingerprint density at radius 2 is 2.16 bits per heavy atom. The fraction of sp³-hybridized carbons (Fsp3) is 0.864. The molecule has 2 aliphatic heterocycles. The lowest BCUT2D eigenvalue weighted by molar-refractivity contribution is -0.146. The Morgan fingerprint density at radius 3 is 2.96 bits per heavy atom. The minimum Gasteiger partial charge on any atom is -0.462 e. The lowest BCUT2D eigenvalue weighted by atomic mass is 9.55. The molecule has 0 unspecified atom stereocenters. The lowest BCUT2D eigenvalue weighted by Gasteiger charge is -2.50. The van der Waals surface area contributed by atoms with Gasteiger partial charge in [-0.15, -0.1) is 0 Å². The number of piperidine rings is 1. The molecule has 140 valence electrons. The highest BCUT2D eigenvalue weighted by Crippen LogP contribution is 2.57. The fourth-order valence-corrected chi connectivity index (χ4v) is 6.48. The first kappa shape index (κ1) is 17.6. The predicted molar refractivity (Wildman–Crippen MR) is 100 cm³/mol. The molecule has 2 saturated carbocycles. The number of carbonyl (C=O) groups excluding carboxylic acids is 1. The number of rotatable bonds is 3. The number of nitrogens with zero attached hydrogens (tertiary/aromatic N) is 1. The van der Waals surface area contributed by atoms with Gasteiger partial charge in [0.1, 0.15) is 6.10 Å². The van der Waals surface area contributed by atoms with Crippen molar-refractivity contribution in [2.75, 3.05) is 13.1 Å². The maximum atomic E-state index is 12.7. The average molecular weight is 346 g/mol. The molecular formula is C22H35NO2. The first-order valence-electron chi connectivity index (χ1n) is 10.6. The Bertz CT molecular complexity index is 544. The average Bonchev–Trinajstić information content (AvgIpc) is 2.88. The standard InChI is InChI=1S/C22H35NO2/c1-4-16-9-5-6-11-23(16)14-18-17-12-19-15(2)8-7-10-22(19,3)13-20(17)25-21(18)24/h16-20H,2,4-14H2,1,3H3/t16-,17+,18-,19+,20-,22-/m0/s1. The van der Waals surface area contributed by atoms with E-state index in [-0.39, 0.29) is 18.0 Å². The van der Waals surface area contributed by atoms with Crippen molar-refractivity contribution in [3.05, 3.63) is 12.2 Å². The van der Waals surface area contributed by atoms with Gasteiger partial charge in [-0.2, -0.15) is 0 Å². The topological polar surface area (TPSA) is 29.5 Å². The molecule has 0 aromatic carbocycles. The summed E-state index contributed by atoms with van der Waals surface area (Å²) in [6, 6.07) is 0.666. The van der Waals surface area contributed by atoms with E-state index in [1.807, 2.05) is 0 Å². The van der Waals surface area contributed by atoms with Crippen molar-refractivity contribution in [2.45, 2.75) is 83.8 Å². The molecule has 25 heavy (non-hydrogen) atoms. The van der Waals surface area contributed by atoms with Gasteiger partial charge in [-0.05, 0) is 69.2 Å². The second-order valence-corrected chi connectivity index (χ2v) is 9.46. The van der Waals surface area contributed by atoms with Crippen LogP contribution in [-0.2, 0) is 9.53 Å². The zero-order chi connectivity index (χ0) is 17.6. The Balaban J connectivity index is 1.51. The number of esters is 1. The van der Waals surface area contributed by atoms with Gasteiger partial charge < -0.3 is 4.74 Å². The Hall–Kier alpha value is -0.830. The van der Waals surface area contributed by atoms with Crippen molar-refractivity contribution < 1.29 is 9.53 Å². The summed E-state index contributed by atoms with van der Waals surface area (Å²) >= 11 is 0. The van der Waals surface area contributed by atoms with Crippen LogP contribution in [0.2, 0.25) is 0 Å². The van der Waals surface area contributed by atoms with E-state index >= 15 is 0 Å². The van der Waals surface area contributed by atoms with Gasteiger partial charge in [0.05, 0.1) is 5.92 Å². The summed E-state index contributed by atoms with van der Waals surface area (Å²) in [6.45, 7) is 11.2. The molecule has 0 amide bonds. The molecule has 0 bridgehead atoms. The van der Waals surface area contributed by atoms with Gasteiger partial charge in [-0.25, -0.2) is 0 Å². The van der Waals surface area contributed by atoms with Crippen molar-refractivity contribution in [2.24, 2.45) is 23.2 Å². The summed E-state index contributed by atoms with van der Waals surface area (Å²) in [7, 11) is 0. The molecule has 2 saturated heterocycles. The first-order chi connectivity index (χ1) is 12.0. The third-order valence-corrected chi connectivity index (χ3v) is 7.97. The van der Waals surface area contributed by atoms with Crippen LogP contribution in [0.5, 0.6) is 0 Å². The summed E-state index contributed by atoms with van der Waals surface area (Å²) < 4.78 is 5.94. The molecule has 2 aliphatic carbocycles. The SMILES string of the molecule is C=C1CCC[C@@]2(C)C[C@@H]3OC(=O)[C@@H](CN4CCCC[C@@H]4CC)[C@H]3C[C@H]12. The molecule has 0 N–H and O–H groups in total. The number of likely N-dealkylation sites (tertiary alicyclic amines) is 1. The Morgan fingerprint density at radius 1 is 1.32 bits per heavy atom. The molecule has 6 atom stereocenters. The molecule has 4 fully saturated rings. The van der Waals surface area contributed by atoms with Crippen molar-refractivity contribution >= 4 is 5.97 Å². The van der Waals surface area contributed by atoms with E-state index < -0.39 is 0 Å². The highest BCUT2D eigenvalue weighted by atomic mass is 16.6. The number of hydrogen-bond acceptors (Lipinski definition) is 3. The summed E-state index contributed by atoms with van der Waals surface area (Å²) in [6.07, 6.45) is 11.2. The van der Waals surface area contributed by atoms with Crippen molar-refractivity contribution in [1.82, 2.24) is 4.90 Å².